The number of aryl methyl sites for hydroxylation is 1. The second kappa shape index (κ2) is 4.47. The standard InChI is InChI=1S/C9H12N2O.H3N/c1-2-6-4-3-5-7(8(6)10)9(11)12;/h3-5H,2,10H2,1H3,(H2,11,12);1H3. The number of amides is 1. The highest BCUT2D eigenvalue weighted by Gasteiger charge is 2.06. The number of nitrogens with two attached hydrogens (primary N) is 2. The molecule has 0 fully saturated rings. The van der Waals surface area contributed by atoms with Gasteiger partial charge in [-0.2, -0.15) is 0 Å². The first-order chi connectivity index (χ1) is 5.66. The van der Waals surface area contributed by atoms with Crippen LogP contribution in [0.4, 0.5) is 5.69 Å². The van der Waals surface area contributed by atoms with E-state index in [1.165, 1.54) is 0 Å². The normalized spacial score (nSPS) is 9.00. The van der Waals surface area contributed by atoms with E-state index >= 15 is 0 Å². The Labute approximate surface area is 77.5 Å². The number of nitrogen functional groups attached to an aromatic ring is 1. The van der Waals surface area contributed by atoms with Crippen molar-refractivity contribution in [1.29, 1.82) is 0 Å². The zero-order valence-corrected chi connectivity index (χ0v) is 7.71. The minimum Gasteiger partial charge on any atom is -0.398 e. The number of anilines is 1. The van der Waals surface area contributed by atoms with Crippen molar-refractivity contribution < 1.29 is 4.79 Å². The summed E-state index contributed by atoms with van der Waals surface area (Å²) in [5.74, 6) is -0.470. The van der Waals surface area contributed by atoms with Crippen molar-refractivity contribution in [2.45, 2.75) is 13.3 Å². The third-order valence-electron chi connectivity index (χ3n) is 1.84. The summed E-state index contributed by atoms with van der Waals surface area (Å²) in [4.78, 5) is 10.8. The highest BCUT2D eigenvalue weighted by atomic mass is 16.1. The lowest BCUT2D eigenvalue weighted by Crippen LogP contribution is -2.14. The van der Waals surface area contributed by atoms with Crippen molar-refractivity contribution in [3.8, 4) is 0 Å². The van der Waals surface area contributed by atoms with Gasteiger partial charge in [0.2, 0.25) is 0 Å². The van der Waals surface area contributed by atoms with Crippen molar-refractivity contribution >= 4 is 11.6 Å². The molecule has 0 atom stereocenters. The van der Waals surface area contributed by atoms with Gasteiger partial charge < -0.3 is 17.6 Å². The van der Waals surface area contributed by atoms with E-state index in [1.807, 2.05) is 13.0 Å². The van der Waals surface area contributed by atoms with Gasteiger partial charge in [-0.15, -0.1) is 0 Å². The number of benzene rings is 1. The summed E-state index contributed by atoms with van der Waals surface area (Å²) in [6.07, 6.45) is 0.812. The van der Waals surface area contributed by atoms with E-state index < -0.39 is 5.91 Å². The number of para-hydroxylation sites is 1. The lowest BCUT2D eigenvalue weighted by molar-refractivity contribution is 0.100. The van der Waals surface area contributed by atoms with Crippen LogP contribution in [0.15, 0.2) is 18.2 Å². The van der Waals surface area contributed by atoms with Crippen molar-refractivity contribution in [2.75, 3.05) is 5.73 Å². The van der Waals surface area contributed by atoms with Gasteiger partial charge in [0.15, 0.2) is 0 Å². The Morgan fingerprint density at radius 1 is 1.46 bits per heavy atom. The van der Waals surface area contributed by atoms with Gasteiger partial charge in [-0.25, -0.2) is 0 Å². The summed E-state index contributed by atoms with van der Waals surface area (Å²) in [7, 11) is 0. The van der Waals surface area contributed by atoms with Gasteiger partial charge in [0, 0.05) is 5.69 Å². The van der Waals surface area contributed by atoms with Gasteiger partial charge >= 0.3 is 0 Å². The van der Waals surface area contributed by atoms with E-state index in [0.717, 1.165) is 12.0 Å². The fraction of sp³-hybridized carbons (Fsp3) is 0.222. The number of hydrogen-bond donors (Lipinski definition) is 3. The number of rotatable bonds is 2. The molecule has 4 heteroatoms. The van der Waals surface area contributed by atoms with Crippen LogP contribution < -0.4 is 17.6 Å². The van der Waals surface area contributed by atoms with E-state index in [1.54, 1.807) is 12.1 Å². The van der Waals surface area contributed by atoms with Gasteiger partial charge in [-0.1, -0.05) is 19.1 Å². The molecule has 1 rings (SSSR count). The maximum Gasteiger partial charge on any atom is 0.250 e. The first kappa shape index (κ1) is 11.4. The van der Waals surface area contributed by atoms with Crippen LogP contribution in [0.25, 0.3) is 0 Å². The predicted octanol–water partition coefficient (Wildman–Crippen LogP) is 1.09. The van der Waals surface area contributed by atoms with Crippen LogP contribution in [-0.2, 0) is 6.42 Å². The molecule has 0 aliphatic rings. The van der Waals surface area contributed by atoms with Crippen LogP contribution in [0.1, 0.15) is 22.8 Å². The second-order valence-electron chi connectivity index (χ2n) is 2.60. The van der Waals surface area contributed by atoms with Crippen LogP contribution in [0.5, 0.6) is 0 Å². The molecule has 0 saturated heterocycles. The first-order valence-corrected chi connectivity index (χ1v) is 3.84. The fourth-order valence-corrected chi connectivity index (χ4v) is 1.14. The molecule has 7 N–H and O–H groups in total. The van der Waals surface area contributed by atoms with E-state index in [-0.39, 0.29) is 6.15 Å². The Balaban J connectivity index is 0.00000144. The largest absolute Gasteiger partial charge is 0.398 e. The van der Waals surface area contributed by atoms with Crippen molar-refractivity contribution in [3.63, 3.8) is 0 Å². The maximum atomic E-state index is 10.8. The third-order valence-corrected chi connectivity index (χ3v) is 1.84. The van der Waals surface area contributed by atoms with Crippen molar-refractivity contribution in [3.05, 3.63) is 29.3 Å². The van der Waals surface area contributed by atoms with Gasteiger partial charge in [0.05, 0.1) is 5.56 Å². The number of hydrogen-bond acceptors (Lipinski definition) is 3. The van der Waals surface area contributed by atoms with Crippen LogP contribution in [0.3, 0.4) is 0 Å². The molecule has 4 nitrogen and oxygen atoms in total. The Hall–Kier alpha value is -1.55. The summed E-state index contributed by atoms with van der Waals surface area (Å²) >= 11 is 0. The molecule has 0 bridgehead atoms. The SMILES string of the molecule is CCc1cccc(C(N)=O)c1N.N. The van der Waals surface area contributed by atoms with E-state index in [4.69, 9.17) is 11.5 Å². The predicted molar refractivity (Wildman–Crippen MR) is 53.8 cm³/mol. The molecule has 0 aromatic heterocycles. The summed E-state index contributed by atoms with van der Waals surface area (Å²) < 4.78 is 0. The van der Waals surface area contributed by atoms with Crippen molar-refractivity contribution in [2.24, 2.45) is 5.73 Å². The molecule has 72 valence electrons. The molecule has 1 aromatic carbocycles. The molecule has 0 unspecified atom stereocenters. The average Bonchev–Trinajstić information content (AvgIpc) is 2.04. The topological polar surface area (TPSA) is 104 Å². The van der Waals surface area contributed by atoms with Gasteiger partial charge in [0.25, 0.3) is 5.91 Å². The minimum absolute atomic E-state index is 0. The average molecular weight is 181 g/mol. The van der Waals surface area contributed by atoms with E-state index in [9.17, 15) is 4.79 Å². The van der Waals surface area contributed by atoms with Crippen molar-refractivity contribution in [1.82, 2.24) is 6.15 Å². The zero-order chi connectivity index (χ0) is 9.14. The lowest BCUT2D eigenvalue weighted by atomic mass is 10.1. The van der Waals surface area contributed by atoms with Gasteiger partial charge in [0.1, 0.15) is 0 Å². The molecule has 0 aliphatic carbocycles. The second-order valence-corrected chi connectivity index (χ2v) is 2.60. The molecule has 0 aliphatic heterocycles. The summed E-state index contributed by atoms with van der Waals surface area (Å²) in [6.45, 7) is 1.98. The number of primary amides is 1. The Morgan fingerprint density at radius 3 is 2.54 bits per heavy atom. The monoisotopic (exact) mass is 181 g/mol. The zero-order valence-electron chi connectivity index (χ0n) is 7.71. The molecule has 0 saturated carbocycles. The minimum atomic E-state index is -0.470. The smallest absolute Gasteiger partial charge is 0.250 e. The van der Waals surface area contributed by atoms with Crippen LogP contribution >= 0.6 is 0 Å². The number of carbonyl (C=O) groups is 1. The summed E-state index contributed by atoms with van der Waals surface area (Å²) in [6, 6.07) is 5.31. The quantitative estimate of drug-likeness (QED) is 0.595. The summed E-state index contributed by atoms with van der Waals surface area (Å²) in [5.41, 5.74) is 12.7. The number of carbonyl (C=O) groups excluding carboxylic acids is 1. The Kier molecular flexibility index (Phi) is 3.94. The van der Waals surface area contributed by atoms with Gasteiger partial charge in [-0.05, 0) is 18.1 Å². The van der Waals surface area contributed by atoms with Gasteiger partial charge in [-0.3, -0.25) is 4.79 Å². The molecule has 0 spiro atoms. The van der Waals surface area contributed by atoms with E-state index in [0.29, 0.717) is 11.3 Å². The Bertz CT molecular complexity index is 310. The maximum absolute atomic E-state index is 10.8. The molecular formula is C9H15N3O. The Morgan fingerprint density at radius 2 is 2.08 bits per heavy atom. The molecule has 0 heterocycles. The molecule has 13 heavy (non-hydrogen) atoms. The molecule has 1 amide bonds. The molecular weight excluding hydrogens is 166 g/mol. The van der Waals surface area contributed by atoms with Crippen LogP contribution in [0.2, 0.25) is 0 Å². The highest BCUT2D eigenvalue weighted by molar-refractivity contribution is 5.98. The fourth-order valence-electron chi connectivity index (χ4n) is 1.14. The molecule has 0 radical (unpaired) electrons. The first-order valence-electron chi connectivity index (χ1n) is 3.84. The van der Waals surface area contributed by atoms with Crippen LogP contribution in [-0.4, -0.2) is 5.91 Å². The highest BCUT2D eigenvalue weighted by Crippen LogP contribution is 2.16. The lowest BCUT2D eigenvalue weighted by Gasteiger charge is -2.05. The third kappa shape index (κ3) is 2.19. The van der Waals surface area contributed by atoms with Crippen LogP contribution in [0, 0.1) is 0 Å². The van der Waals surface area contributed by atoms with E-state index in [2.05, 4.69) is 0 Å². The summed E-state index contributed by atoms with van der Waals surface area (Å²) in [5, 5.41) is 0. The molecule has 1 aromatic rings.